The smallest absolute Gasteiger partial charge is 0.258 e. The van der Waals surface area contributed by atoms with Gasteiger partial charge in [-0.25, -0.2) is 12.8 Å². The topological polar surface area (TPSA) is 79.0 Å². The van der Waals surface area contributed by atoms with E-state index >= 15 is 0 Å². The second-order valence-electron chi connectivity index (χ2n) is 8.31. The Morgan fingerprint density at radius 2 is 1.69 bits per heavy atom. The number of carbonyl (C=O) groups excluding carboxylic acids is 1. The summed E-state index contributed by atoms with van der Waals surface area (Å²) in [6.07, 6.45) is 4.13. The van der Waals surface area contributed by atoms with E-state index in [1.807, 2.05) is 30.3 Å². The summed E-state index contributed by atoms with van der Waals surface area (Å²) in [6.45, 7) is 2.64. The van der Waals surface area contributed by atoms with Gasteiger partial charge in [0.05, 0.1) is 23.3 Å². The maximum Gasteiger partial charge on any atom is 0.258 e. The molecule has 9 heteroatoms. The lowest BCUT2D eigenvalue weighted by molar-refractivity contribution is 0.102. The molecule has 4 rings (SSSR count). The van der Waals surface area contributed by atoms with Crippen LogP contribution in [0.25, 0.3) is 6.08 Å². The Hall–Kier alpha value is -3.53. The van der Waals surface area contributed by atoms with E-state index < -0.39 is 21.7 Å². The summed E-state index contributed by atoms with van der Waals surface area (Å²) in [5, 5.41) is 2.57. The molecule has 0 unspecified atom stereocenters. The number of nitrogens with one attached hydrogen (secondary N) is 1. The van der Waals surface area contributed by atoms with E-state index in [0.29, 0.717) is 26.2 Å². The summed E-state index contributed by atoms with van der Waals surface area (Å²) in [4.78, 5) is 14.8. The van der Waals surface area contributed by atoms with E-state index in [1.54, 1.807) is 6.07 Å². The molecule has 0 atom stereocenters. The van der Waals surface area contributed by atoms with E-state index in [1.165, 1.54) is 47.8 Å². The Morgan fingerprint density at radius 3 is 2.39 bits per heavy atom. The van der Waals surface area contributed by atoms with Crippen molar-refractivity contribution in [2.24, 2.45) is 0 Å². The van der Waals surface area contributed by atoms with Crippen molar-refractivity contribution in [2.45, 2.75) is 4.90 Å². The van der Waals surface area contributed by atoms with Crippen LogP contribution in [0.3, 0.4) is 0 Å². The first-order valence-corrected chi connectivity index (χ1v) is 13.0. The van der Waals surface area contributed by atoms with Crippen LogP contribution in [0.15, 0.2) is 83.8 Å². The molecule has 0 bridgehead atoms. The van der Waals surface area contributed by atoms with Gasteiger partial charge in [0.15, 0.2) is 0 Å². The van der Waals surface area contributed by atoms with Gasteiger partial charge in [-0.05, 0) is 35.9 Å². The first kappa shape index (κ1) is 25.6. The van der Waals surface area contributed by atoms with Crippen LogP contribution in [-0.2, 0) is 10.0 Å². The fourth-order valence-corrected chi connectivity index (χ4v) is 5.43. The van der Waals surface area contributed by atoms with Crippen molar-refractivity contribution in [3.63, 3.8) is 0 Å². The van der Waals surface area contributed by atoms with Crippen LogP contribution < -0.4 is 10.1 Å². The normalized spacial score (nSPS) is 15.2. The van der Waals surface area contributed by atoms with Crippen molar-refractivity contribution in [2.75, 3.05) is 45.2 Å². The van der Waals surface area contributed by atoms with Crippen molar-refractivity contribution >= 4 is 27.7 Å². The molecule has 0 aromatic heterocycles. The van der Waals surface area contributed by atoms with Gasteiger partial charge in [-0.2, -0.15) is 4.31 Å². The molecule has 3 aromatic rings. The first-order chi connectivity index (χ1) is 17.4. The van der Waals surface area contributed by atoms with E-state index in [-0.39, 0.29) is 21.9 Å². The Bertz CT molecular complexity index is 1340. The number of amides is 1. The minimum Gasteiger partial charge on any atom is -0.495 e. The fourth-order valence-electron chi connectivity index (χ4n) is 3.98. The van der Waals surface area contributed by atoms with Crippen molar-refractivity contribution in [3.05, 3.63) is 95.8 Å². The zero-order valence-corrected chi connectivity index (χ0v) is 20.7. The minimum atomic E-state index is -3.80. The van der Waals surface area contributed by atoms with Gasteiger partial charge in [-0.15, -0.1) is 0 Å². The summed E-state index contributed by atoms with van der Waals surface area (Å²) in [7, 11) is -2.39. The van der Waals surface area contributed by atoms with Crippen LogP contribution in [0, 0.1) is 5.82 Å². The van der Waals surface area contributed by atoms with Gasteiger partial charge in [0.1, 0.15) is 11.6 Å². The average molecular weight is 510 g/mol. The lowest BCUT2D eigenvalue weighted by Gasteiger charge is -2.33. The number of piperazine rings is 1. The Morgan fingerprint density at radius 1 is 1.00 bits per heavy atom. The van der Waals surface area contributed by atoms with Gasteiger partial charge in [-0.3, -0.25) is 9.69 Å². The molecule has 0 radical (unpaired) electrons. The molecule has 188 valence electrons. The predicted octanol–water partition coefficient (Wildman–Crippen LogP) is 4.11. The summed E-state index contributed by atoms with van der Waals surface area (Å²) < 4.78 is 47.4. The summed E-state index contributed by atoms with van der Waals surface area (Å²) in [5.74, 6) is -1.10. The molecule has 1 amide bonds. The standard InChI is InChI=1S/C27H28FN3O4S/c1-35-26-14-13-22(20-25(26)29-27(32)23-11-5-6-12-24(23)28)36(33,34)31-18-16-30(17-19-31)15-7-10-21-8-3-2-4-9-21/h2-14,20H,15-19H2,1H3,(H,29,32)/b10-7+. The number of hydrogen-bond acceptors (Lipinski definition) is 5. The molecule has 36 heavy (non-hydrogen) atoms. The van der Waals surface area contributed by atoms with Crippen molar-refractivity contribution in [3.8, 4) is 5.75 Å². The van der Waals surface area contributed by atoms with Gasteiger partial charge in [0.2, 0.25) is 10.0 Å². The average Bonchev–Trinajstić information content (AvgIpc) is 2.90. The number of anilines is 1. The largest absolute Gasteiger partial charge is 0.495 e. The second kappa shape index (κ2) is 11.5. The molecule has 1 aliphatic heterocycles. The third-order valence-corrected chi connectivity index (χ3v) is 7.87. The molecular weight excluding hydrogens is 481 g/mol. The van der Waals surface area contributed by atoms with Crippen molar-refractivity contribution in [1.82, 2.24) is 9.21 Å². The maximum atomic E-state index is 14.0. The van der Waals surface area contributed by atoms with E-state index in [4.69, 9.17) is 4.74 Å². The van der Waals surface area contributed by atoms with Gasteiger partial charge in [0.25, 0.3) is 5.91 Å². The van der Waals surface area contributed by atoms with Gasteiger partial charge in [-0.1, -0.05) is 54.6 Å². The fraction of sp³-hybridized carbons (Fsp3) is 0.222. The Kier molecular flexibility index (Phi) is 8.14. The highest BCUT2D eigenvalue weighted by Gasteiger charge is 2.29. The molecule has 1 saturated heterocycles. The van der Waals surface area contributed by atoms with Crippen LogP contribution in [0.2, 0.25) is 0 Å². The van der Waals surface area contributed by atoms with Crippen LogP contribution >= 0.6 is 0 Å². The van der Waals surface area contributed by atoms with Crippen molar-refractivity contribution < 1.29 is 22.3 Å². The van der Waals surface area contributed by atoms with Crippen LogP contribution in [0.5, 0.6) is 5.75 Å². The molecule has 0 aliphatic carbocycles. The minimum absolute atomic E-state index is 0.0320. The van der Waals surface area contributed by atoms with Gasteiger partial charge < -0.3 is 10.1 Å². The zero-order valence-electron chi connectivity index (χ0n) is 19.9. The number of nitrogens with zero attached hydrogens (tertiary/aromatic N) is 2. The molecule has 1 N–H and O–H groups in total. The number of benzene rings is 3. The lowest BCUT2D eigenvalue weighted by atomic mass is 10.2. The Balaban J connectivity index is 1.43. The number of sulfonamides is 1. The number of carbonyl (C=O) groups is 1. The lowest BCUT2D eigenvalue weighted by Crippen LogP contribution is -2.48. The quantitative estimate of drug-likeness (QED) is 0.495. The third kappa shape index (κ3) is 5.99. The maximum absolute atomic E-state index is 14.0. The van der Waals surface area contributed by atoms with Crippen LogP contribution in [0.4, 0.5) is 10.1 Å². The molecule has 0 spiro atoms. The number of ether oxygens (including phenoxy) is 1. The van der Waals surface area contributed by atoms with Crippen molar-refractivity contribution in [1.29, 1.82) is 0 Å². The first-order valence-electron chi connectivity index (χ1n) is 11.6. The van der Waals surface area contributed by atoms with E-state index in [2.05, 4.69) is 22.4 Å². The highest BCUT2D eigenvalue weighted by molar-refractivity contribution is 7.89. The van der Waals surface area contributed by atoms with Crippen LogP contribution in [0.1, 0.15) is 15.9 Å². The number of methoxy groups -OCH3 is 1. The van der Waals surface area contributed by atoms with E-state index in [9.17, 15) is 17.6 Å². The molecule has 1 fully saturated rings. The molecule has 1 heterocycles. The zero-order chi connectivity index (χ0) is 25.5. The summed E-state index contributed by atoms with van der Waals surface area (Å²) >= 11 is 0. The van der Waals surface area contributed by atoms with E-state index in [0.717, 1.165) is 12.1 Å². The summed E-state index contributed by atoms with van der Waals surface area (Å²) in [5.41, 5.74) is 1.12. The second-order valence-corrected chi connectivity index (χ2v) is 10.3. The predicted molar refractivity (Wildman–Crippen MR) is 138 cm³/mol. The van der Waals surface area contributed by atoms with Crippen LogP contribution in [-0.4, -0.2) is 63.4 Å². The number of halogens is 1. The number of rotatable bonds is 8. The highest BCUT2D eigenvalue weighted by atomic mass is 32.2. The Labute approximate surface area is 210 Å². The van der Waals surface area contributed by atoms with Gasteiger partial charge in [0, 0.05) is 32.7 Å². The monoisotopic (exact) mass is 509 g/mol. The third-order valence-electron chi connectivity index (χ3n) is 5.98. The molecule has 3 aromatic carbocycles. The van der Waals surface area contributed by atoms with Gasteiger partial charge >= 0.3 is 0 Å². The molecule has 1 aliphatic rings. The summed E-state index contributed by atoms with van der Waals surface area (Å²) in [6, 6.07) is 19.9. The molecule has 7 nitrogen and oxygen atoms in total. The molecule has 0 saturated carbocycles. The SMILES string of the molecule is COc1ccc(S(=O)(=O)N2CCN(C/C=C/c3ccccc3)CC2)cc1NC(=O)c1ccccc1F. The molecular formula is C27H28FN3O4S. The highest BCUT2D eigenvalue weighted by Crippen LogP contribution is 2.30. The number of hydrogen-bond donors (Lipinski definition) is 1.